The fraction of sp³-hybridized carbons (Fsp3) is 0.0645. The van der Waals surface area contributed by atoms with Crippen LogP contribution in [0.1, 0.15) is 25.0 Å². The van der Waals surface area contributed by atoms with Gasteiger partial charge in [0, 0.05) is 38.9 Å². The molecular formula is C62H48N2OP+. The zero-order valence-electron chi connectivity index (χ0n) is 37.3. The second-order valence-corrected chi connectivity index (χ2v) is 21.0. The second kappa shape index (κ2) is 15.9. The Balaban J connectivity index is 0.992. The summed E-state index contributed by atoms with van der Waals surface area (Å²) in [6, 6.07) is 86.5. The fourth-order valence-electron chi connectivity index (χ4n) is 10.8. The molecule has 4 heteroatoms. The largest absolute Gasteiger partial charge is 0.310 e. The SMILES string of the molecule is CO[P+](c1ccccc1)(c1ccccc1)c1ccc(N(c2ccc(-c3ccc4c(c3)c3c5ccccc5ccc3n4-c3ccccc3)cc2)c2ccc3c(c2)C(C)(C)c2ccccc2-3)cc1. The van der Waals surface area contributed by atoms with Crippen molar-refractivity contribution in [1.29, 1.82) is 0 Å². The predicted octanol–water partition coefficient (Wildman–Crippen LogP) is 15.2. The minimum Gasteiger partial charge on any atom is -0.310 e. The van der Waals surface area contributed by atoms with Gasteiger partial charge in [-0.25, -0.2) is 4.52 Å². The van der Waals surface area contributed by atoms with Crippen molar-refractivity contribution in [2.75, 3.05) is 12.0 Å². The van der Waals surface area contributed by atoms with Crippen LogP contribution in [0.5, 0.6) is 0 Å². The lowest BCUT2D eigenvalue weighted by molar-refractivity contribution is 0.466. The molecule has 0 spiro atoms. The highest BCUT2D eigenvalue weighted by Crippen LogP contribution is 2.56. The van der Waals surface area contributed by atoms with Crippen molar-refractivity contribution >= 4 is 73.0 Å². The molecule has 0 fully saturated rings. The first-order valence-electron chi connectivity index (χ1n) is 22.8. The summed E-state index contributed by atoms with van der Waals surface area (Å²) < 4.78 is 9.12. The molecule has 1 aliphatic carbocycles. The van der Waals surface area contributed by atoms with Crippen molar-refractivity contribution in [3.8, 4) is 27.9 Å². The average molecular weight is 868 g/mol. The van der Waals surface area contributed by atoms with E-state index in [0.29, 0.717) is 0 Å². The molecule has 12 rings (SSSR count). The van der Waals surface area contributed by atoms with Gasteiger partial charge in [0.2, 0.25) is 7.49 Å². The smallest absolute Gasteiger partial charge is 0.241 e. The summed E-state index contributed by atoms with van der Waals surface area (Å²) in [5, 5.41) is 8.59. The molecule has 0 aliphatic heterocycles. The molecule has 0 saturated heterocycles. The van der Waals surface area contributed by atoms with Crippen LogP contribution in [-0.4, -0.2) is 11.7 Å². The molecule has 0 saturated carbocycles. The fourth-order valence-corrected chi connectivity index (χ4v) is 14.0. The van der Waals surface area contributed by atoms with Crippen molar-refractivity contribution in [3.05, 3.63) is 248 Å². The third kappa shape index (κ3) is 6.26. The normalized spacial score (nSPS) is 13.0. The molecule has 316 valence electrons. The highest BCUT2D eigenvalue weighted by molar-refractivity contribution is 7.91. The Hall–Kier alpha value is -7.55. The van der Waals surface area contributed by atoms with Crippen molar-refractivity contribution in [2.24, 2.45) is 0 Å². The van der Waals surface area contributed by atoms with Crippen LogP contribution in [0.25, 0.3) is 60.5 Å². The minimum atomic E-state index is -2.41. The van der Waals surface area contributed by atoms with Crippen molar-refractivity contribution in [2.45, 2.75) is 19.3 Å². The Labute approximate surface area is 387 Å². The Morgan fingerprint density at radius 1 is 0.424 bits per heavy atom. The summed E-state index contributed by atoms with van der Waals surface area (Å²) in [4.78, 5) is 2.41. The lowest BCUT2D eigenvalue weighted by atomic mass is 9.82. The van der Waals surface area contributed by atoms with Crippen molar-refractivity contribution in [1.82, 2.24) is 4.57 Å². The monoisotopic (exact) mass is 867 g/mol. The van der Waals surface area contributed by atoms with Gasteiger partial charge in [-0.05, 0) is 147 Å². The Kier molecular flexibility index (Phi) is 9.61. The third-order valence-electron chi connectivity index (χ3n) is 13.9. The van der Waals surface area contributed by atoms with Gasteiger partial charge in [-0.15, -0.1) is 0 Å². The lowest BCUT2D eigenvalue weighted by Crippen LogP contribution is -2.32. The zero-order valence-corrected chi connectivity index (χ0v) is 38.2. The lowest BCUT2D eigenvalue weighted by Gasteiger charge is -2.29. The van der Waals surface area contributed by atoms with Gasteiger partial charge < -0.3 is 9.47 Å². The minimum absolute atomic E-state index is 0.136. The Morgan fingerprint density at radius 3 is 1.67 bits per heavy atom. The van der Waals surface area contributed by atoms with Gasteiger partial charge in [-0.2, -0.15) is 0 Å². The molecule has 66 heavy (non-hydrogen) atoms. The van der Waals surface area contributed by atoms with Crippen molar-refractivity contribution in [3.63, 3.8) is 0 Å². The highest BCUT2D eigenvalue weighted by atomic mass is 31.2. The number of rotatable bonds is 9. The molecular weight excluding hydrogens is 820 g/mol. The van der Waals surface area contributed by atoms with Crippen molar-refractivity contribution < 1.29 is 4.52 Å². The van der Waals surface area contributed by atoms with Crippen LogP contribution in [0.4, 0.5) is 17.1 Å². The standard InChI is InChI=1S/C62H48N2OP/c1-62(2)57-26-16-15-25-54(57)55-38-35-49(42-58(55)62)63(48-33-36-52(37-34-48)66(65-3,50-20-9-5-10-21-50)51-22-11-6-12-23-51)47-31-27-43(28-32-47)45-30-39-59-56(41-45)61-53-24-14-13-17-44(53)29-40-60(61)64(59)46-18-7-4-8-19-46/h4-42H,1-3H3/q+1. The second-order valence-electron chi connectivity index (χ2n) is 17.8. The van der Waals surface area contributed by atoms with Crippen LogP contribution in [0, 0.1) is 0 Å². The third-order valence-corrected chi connectivity index (χ3v) is 17.6. The molecule has 0 amide bonds. The number of nitrogens with zero attached hydrogens (tertiary/aromatic N) is 2. The van der Waals surface area contributed by atoms with Gasteiger partial charge in [-0.3, -0.25) is 0 Å². The number of para-hydroxylation sites is 1. The Morgan fingerprint density at radius 2 is 0.970 bits per heavy atom. The first-order valence-corrected chi connectivity index (χ1v) is 24.5. The molecule has 0 atom stereocenters. The van der Waals surface area contributed by atoms with Crippen LogP contribution < -0.4 is 20.8 Å². The van der Waals surface area contributed by atoms with Crippen LogP contribution in [0.15, 0.2) is 237 Å². The quantitative estimate of drug-likeness (QED) is 0.135. The van der Waals surface area contributed by atoms with Crippen LogP contribution in [0.2, 0.25) is 0 Å². The van der Waals surface area contributed by atoms with Crippen LogP contribution in [-0.2, 0) is 9.94 Å². The van der Waals surface area contributed by atoms with Gasteiger partial charge in [0.15, 0.2) is 0 Å². The number of hydrogen-bond donors (Lipinski definition) is 0. The maximum absolute atomic E-state index is 6.72. The summed E-state index contributed by atoms with van der Waals surface area (Å²) in [5.74, 6) is 0. The molecule has 11 aromatic rings. The summed E-state index contributed by atoms with van der Waals surface area (Å²) >= 11 is 0. The maximum atomic E-state index is 6.72. The van der Waals surface area contributed by atoms with E-state index in [0.717, 1.165) is 22.7 Å². The molecule has 1 heterocycles. The molecule has 10 aromatic carbocycles. The molecule has 0 radical (unpaired) electrons. The molecule has 3 nitrogen and oxygen atoms in total. The van der Waals surface area contributed by atoms with Gasteiger partial charge in [0.25, 0.3) is 0 Å². The number of benzene rings is 10. The average Bonchev–Trinajstić information content (AvgIpc) is 3.84. The van der Waals surface area contributed by atoms with E-state index in [2.05, 4.69) is 260 Å². The van der Waals surface area contributed by atoms with E-state index >= 15 is 0 Å². The number of fused-ring (bicyclic) bond motifs is 8. The molecule has 0 unspecified atom stereocenters. The van der Waals surface area contributed by atoms with E-state index in [1.54, 1.807) is 0 Å². The molecule has 1 aliphatic rings. The summed E-state index contributed by atoms with van der Waals surface area (Å²) in [5.41, 5.74) is 14.4. The maximum Gasteiger partial charge on any atom is 0.241 e. The van der Waals surface area contributed by atoms with Gasteiger partial charge in [-0.1, -0.05) is 147 Å². The van der Waals surface area contributed by atoms with E-state index in [-0.39, 0.29) is 5.41 Å². The highest BCUT2D eigenvalue weighted by Gasteiger charge is 2.47. The van der Waals surface area contributed by atoms with Crippen LogP contribution >= 0.6 is 7.49 Å². The number of anilines is 3. The van der Waals surface area contributed by atoms with E-state index in [1.807, 2.05) is 7.11 Å². The summed E-state index contributed by atoms with van der Waals surface area (Å²) in [7, 11) is -0.552. The first-order chi connectivity index (χ1) is 32.4. The Bertz CT molecular complexity index is 3540. The van der Waals surface area contributed by atoms with E-state index in [1.165, 1.54) is 81.9 Å². The van der Waals surface area contributed by atoms with E-state index < -0.39 is 7.49 Å². The molecule has 0 N–H and O–H groups in total. The number of hydrogen-bond acceptors (Lipinski definition) is 2. The van der Waals surface area contributed by atoms with Gasteiger partial charge in [0.1, 0.15) is 15.9 Å². The van der Waals surface area contributed by atoms with E-state index in [9.17, 15) is 0 Å². The summed E-state index contributed by atoms with van der Waals surface area (Å²) in [6.07, 6.45) is 0. The topological polar surface area (TPSA) is 17.4 Å². The first kappa shape index (κ1) is 40.0. The van der Waals surface area contributed by atoms with E-state index in [4.69, 9.17) is 4.52 Å². The van der Waals surface area contributed by atoms with Gasteiger partial charge in [0.05, 0.1) is 18.1 Å². The van der Waals surface area contributed by atoms with Crippen LogP contribution in [0.3, 0.4) is 0 Å². The molecule has 1 aromatic heterocycles. The zero-order chi connectivity index (χ0) is 44.4. The molecule has 0 bridgehead atoms. The number of aromatic nitrogens is 1. The van der Waals surface area contributed by atoms with Gasteiger partial charge >= 0.3 is 0 Å². The summed E-state index contributed by atoms with van der Waals surface area (Å²) in [6.45, 7) is 4.71. The predicted molar refractivity (Wildman–Crippen MR) is 282 cm³/mol.